The van der Waals surface area contributed by atoms with E-state index in [2.05, 4.69) is 207 Å². The fourth-order valence-electron chi connectivity index (χ4n) is 7.32. The number of nitrogens with zero attached hydrogens (tertiary/aromatic N) is 2. The third-order valence-corrected chi connectivity index (χ3v) is 10.5. The molecule has 0 N–H and O–H groups in total. The van der Waals surface area contributed by atoms with E-state index in [-0.39, 0.29) is 0 Å². The van der Waals surface area contributed by atoms with Crippen molar-refractivity contribution in [1.29, 1.82) is 0 Å². The largest absolute Gasteiger partial charge is 0.310 e. The van der Waals surface area contributed by atoms with Gasteiger partial charge in [0.05, 0.1) is 0 Å². The summed E-state index contributed by atoms with van der Waals surface area (Å²) in [6, 6.07) is 62.5. The van der Waals surface area contributed by atoms with Crippen LogP contribution in [0.25, 0.3) is 22.3 Å². The highest BCUT2D eigenvalue weighted by Crippen LogP contribution is 2.40. The molecular formula is C52H52N2. The Balaban J connectivity index is 1.14. The molecule has 0 amide bonds. The second kappa shape index (κ2) is 17.3. The topological polar surface area (TPSA) is 6.48 Å². The van der Waals surface area contributed by atoms with Crippen molar-refractivity contribution in [2.45, 2.75) is 66.2 Å². The predicted octanol–water partition coefficient (Wildman–Crippen LogP) is 15.3. The summed E-state index contributed by atoms with van der Waals surface area (Å²) in [6.07, 6.45) is 6.85. The van der Waals surface area contributed by atoms with E-state index in [0.717, 1.165) is 24.2 Å². The Kier molecular flexibility index (Phi) is 11.7. The van der Waals surface area contributed by atoms with E-state index in [1.165, 1.54) is 92.9 Å². The van der Waals surface area contributed by atoms with Crippen molar-refractivity contribution >= 4 is 34.1 Å². The molecule has 0 radical (unpaired) electrons. The number of anilines is 6. The van der Waals surface area contributed by atoms with Crippen LogP contribution >= 0.6 is 0 Å². The molecular weight excluding hydrogens is 653 g/mol. The molecule has 0 spiro atoms. The first kappa shape index (κ1) is 36.5. The number of benzene rings is 7. The van der Waals surface area contributed by atoms with Gasteiger partial charge in [0.25, 0.3) is 0 Å². The molecule has 0 fully saturated rings. The molecule has 2 heteroatoms. The summed E-state index contributed by atoms with van der Waals surface area (Å²) in [6.45, 7) is 8.82. The van der Waals surface area contributed by atoms with Gasteiger partial charge in [-0.05, 0) is 134 Å². The number of hydrogen-bond acceptors (Lipinski definition) is 2. The standard InChI is InChI=1S/C52H52N2/c1-5-7-13-45-15-9-11-17-51(45)53(47-31-19-39(3)20-32-47)49-35-27-43(28-36-49)41-23-25-42(26-24-41)44-29-37-50(38-30-44)54(48-33-21-40(4)22-34-48)52-18-12-10-16-46(52)14-8-6-2/h9-12,15-38H,5-8,13-14H2,1-4H3. The van der Waals surface area contributed by atoms with Crippen LogP contribution in [-0.4, -0.2) is 0 Å². The Morgan fingerprint density at radius 2 is 0.611 bits per heavy atom. The van der Waals surface area contributed by atoms with Gasteiger partial charge in [-0.15, -0.1) is 0 Å². The Bertz CT molecular complexity index is 2070. The summed E-state index contributed by atoms with van der Waals surface area (Å²) in [5.74, 6) is 0. The van der Waals surface area contributed by atoms with Crippen LogP contribution in [0, 0.1) is 13.8 Å². The Morgan fingerprint density at radius 1 is 0.333 bits per heavy atom. The molecule has 0 atom stereocenters. The van der Waals surface area contributed by atoms with Crippen molar-refractivity contribution in [2.24, 2.45) is 0 Å². The van der Waals surface area contributed by atoms with E-state index in [1.54, 1.807) is 0 Å². The van der Waals surface area contributed by atoms with Crippen LogP contribution in [0.15, 0.2) is 170 Å². The molecule has 0 aliphatic carbocycles. The number of para-hydroxylation sites is 2. The highest BCUT2D eigenvalue weighted by Gasteiger charge is 2.18. The molecule has 0 bridgehead atoms. The van der Waals surface area contributed by atoms with E-state index < -0.39 is 0 Å². The summed E-state index contributed by atoms with van der Waals surface area (Å²) in [5, 5.41) is 0. The zero-order valence-electron chi connectivity index (χ0n) is 32.3. The summed E-state index contributed by atoms with van der Waals surface area (Å²) < 4.78 is 0. The molecule has 7 aromatic carbocycles. The molecule has 0 aliphatic rings. The Labute approximate surface area is 323 Å². The van der Waals surface area contributed by atoms with Gasteiger partial charge in [0.2, 0.25) is 0 Å². The summed E-state index contributed by atoms with van der Waals surface area (Å²) in [4.78, 5) is 4.81. The van der Waals surface area contributed by atoms with E-state index in [0.29, 0.717) is 0 Å². The molecule has 7 aromatic rings. The normalized spacial score (nSPS) is 11.0. The first-order valence-electron chi connectivity index (χ1n) is 19.7. The van der Waals surface area contributed by atoms with Crippen molar-refractivity contribution < 1.29 is 0 Å². The Morgan fingerprint density at radius 3 is 0.926 bits per heavy atom. The molecule has 0 unspecified atom stereocenters. The molecule has 0 heterocycles. The third kappa shape index (κ3) is 8.35. The van der Waals surface area contributed by atoms with Gasteiger partial charge in [0.1, 0.15) is 0 Å². The molecule has 7 rings (SSSR count). The lowest BCUT2D eigenvalue weighted by molar-refractivity contribution is 0.795. The number of unbranched alkanes of at least 4 members (excludes halogenated alkanes) is 2. The highest BCUT2D eigenvalue weighted by atomic mass is 15.1. The zero-order valence-corrected chi connectivity index (χ0v) is 32.3. The van der Waals surface area contributed by atoms with Gasteiger partial charge in [-0.2, -0.15) is 0 Å². The second-order valence-electron chi connectivity index (χ2n) is 14.5. The average molecular weight is 705 g/mol. The molecule has 2 nitrogen and oxygen atoms in total. The van der Waals surface area contributed by atoms with Gasteiger partial charge < -0.3 is 9.80 Å². The van der Waals surface area contributed by atoms with E-state index in [4.69, 9.17) is 0 Å². The lowest BCUT2D eigenvalue weighted by Gasteiger charge is -2.28. The fraction of sp³-hybridized carbons (Fsp3) is 0.192. The first-order chi connectivity index (χ1) is 26.5. The highest BCUT2D eigenvalue weighted by molar-refractivity contribution is 5.82. The summed E-state index contributed by atoms with van der Waals surface area (Å²) >= 11 is 0. The van der Waals surface area contributed by atoms with Crippen molar-refractivity contribution in [1.82, 2.24) is 0 Å². The van der Waals surface area contributed by atoms with Crippen LogP contribution in [0.1, 0.15) is 61.8 Å². The van der Waals surface area contributed by atoms with Gasteiger partial charge in [0, 0.05) is 34.1 Å². The van der Waals surface area contributed by atoms with Crippen LogP contribution in [0.2, 0.25) is 0 Å². The molecule has 0 saturated carbocycles. The minimum atomic E-state index is 1.07. The van der Waals surface area contributed by atoms with Crippen LogP contribution in [0.3, 0.4) is 0 Å². The van der Waals surface area contributed by atoms with Crippen molar-refractivity contribution in [3.63, 3.8) is 0 Å². The van der Waals surface area contributed by atoms with Gasteiger partial charge in [-0.3, -0.25) is 0 Å². The lowest BCUT2D eigenvalue weighted by Crippen LogP contribution is -2.12. The van der Waals surface area contributed by atoms with Crippen LogP contribution in [0.5, 0.6) is 0 Å². The maximum Gasteiger partial charge on any atom is 0.0493 e. The molecule has 54 heavy (non-hydrogen) atoms. The maximum absolute atomic E-state index is 2.41. The van der Waals surface area contributed by atoms with Crippen LogP contribution < -0.4 is 9.80 Å². The van der Waals surface area contributed by atoms with Gasteiger partial charge in [0.15, 0.2) is 0 Å². The van der Waals surface area contributed by atoms with Gasteiger partial charge in [-0.1, -0.05) is 147 Å². The van der Waals surface area contributed by atoms with Crippen molar-refractivity contribution in [2.75, 3.05) is 9.80 Å². The molecule has 0 aromatic heterocycles. The van der Waals surface area contributed by atoms with Crippen LogP contribution in [-0.2, 0) is 12.8 Å². The van der Waals surface area contributed by atoms with E-state index in [1.807, 2.05) is 0 Å². The SMILES string of the molecule is CCCCc1ccccc1N(c1ccc(C)cc1)c1ccc(-c2ccc(-c3ccc(N(c4ccc(C)cc4)c4ccccc4CCCC)cc3)cc2)cc1. The predicted molar refractivity (Wildman–Crippen MR) is 233 cm³/mol. The minimum absolute atomic E-state index is 1.07. The Hall–Kier alpha value is -5.86. The zero-order chi connectivity index (χ0) is 37.3. The molecule has 0 saturated heterocycles. The summed E-state index contributed by atoms with van der Waals surface area (Å²) in [7, 11) is 0. The van der Waals surface area contributed by atoms with E-state index >= 15 is 0 Å². The fourth-order valence-corrected chi connectivity index (χ4v) is 7.32. The number of aryl methyl sites for hydroxylation is 4. The first-order valence-corrected chi connectivity index (χ1v) is 19.7. The average Bonchev–Trinajstić information content (AvgIpc) is 3.22. The van der Waals surface area contributed by atoms with Crippen molar-refractivity contribution in [3.05, 3.63) is 192 Å². The van der Waals surface area contributed by atoms with E-state index in [9.17, 15) is 0 Å². The van der Waals surface area contributed by atoms with Crippen molar-refractivity contribution in [3.8, 4) is 22.3 Å². The minimum Gasteiger partial charge on any atom is -0.310 e. The van der Waals surface area contributed by atoms with Crippen LogP contribution in [0.4, 0.5) is 34.1 Å². The second-order valence-corrected chi connectivity index (χ2v) is 14.5. The lowest BCUT2D eigenvalue weighted by atomic mass is 9.99. The molecule has 270 valence electrons. The molecule has 0 aliphatic heterocycles. The van der Waals surface area contributed by atoms with Gasteiger partial charge in [-0.25, -0.2) is 0 Å². The smallest absolute Gasteiger partial charge is 0.0493 e. The number of hydrogen-bond donors (Lipinski definition) is 0. The third-order valence-electron chi connectivity index (χ3n) is 10.5. The monoisotopic (exact) mass is 704 g/mol. The number of rotatable bonds is 14. The quantitative estimate of drug-likeness (QED) is 0.111. The summed E-state index contributed by atoms with van der Waals surface area (Å²) in [5.41, 5.74) is 17.3. The van der Waals surface area contributed by atoms with Gasteiger partial charge >= 0.3 is 0 Å². The maximum atomic E-state index is 2.41.